The van der Waals surface area contributed by atoms with Gasteiger partial charge in [-0.15, -0.1) is 11.8 Å². The number of nitrogens with zero attached hydrogens (tertiary/aromatic N) is 2. The van der Waals surface area contributed by atoms with Crippen LogP contribution in [0.3, 0.4) is 0 Å². The lowest BCUT2D eigenvalue weighted by molar-refractivity contribution is -0.116. The maximum absolute atomic E-state index is 12.6. The van der Waals surface area contributed by atoms with E-state index in [1.54, 1.807) is 11.8 Å². The van der Waals surface area contributed by atoms with Crippen molar-refractivity contribution < 1.29 is 14.4 Å². The molecule has 0 radical (unpaired) electrons. The molecule has 0 aliphatic carbocycles. The molecule has 1 aromatic carbocycles. The lowest BCUT2D eigenvalue weighted by Crippen LogP contribution is -2.49. The number of hydrogen-bond acceptors (Lipinski definition) is 4. The summed E-state index contributed by atoms with van der Waals surface area (Å²) >= 11 is 13.4. The summed E-state index contributed by atoms with van der Waals surface area (Å²) in [7, 11) is 0. The smallest absolute Gasteiger partial charge is 0.324 e. The number of carbonyl (C=O) groups is 3. The Balaban J connectivity index is 2.16. The van der Waals surface area contributed by atoms with Gasteiger partial charge in [0.05, 0.1) is 10.6 Å². The molecule has 0 aromatic heterocycles. The summed E-state index contributed by atoms with van der Waals surface area (Å²) in [5, 5.41) is 3.37. The summed E-state index contributed by atoms with van der Waals surface area (Å²) in [6, 6.07) is 3.06. The molecule has 0 atom stereocenters. The number of thioether (sulfide) groups is 1. The Kier molecular flexibility index (Phi) is 6.24. The summed E-state index contributed by atoms with van der Waals surface area (Å²) in [5.74, 6) is 0.352. The Morgan fingerprint density at radius 2 is 1.84 bits per heavy atom. The van der Waals surface area contributed by atoms with Gasteiger partial charge in [-0.05, 0) is 44.2 Å². The van der Waals surface area contributed by atoms with Gasteiger partial charge < -0.3 is 5.32 Å². The molecule has 0 saturated carbocycles. The second-order valence-electron chi connectivity index (χ2n) is 6.01. The van der Waals surface area contributed by atoms with Crippen molar-refractivity contribution >= 4 is 58.6 Å². The first-order chi connectivity index (χ1) is 11.6. The van der Waals surface area contributed by atoms with E-state index in [9.17, 15) is 14.4 Å². The van der Waals surface area contributed by atoms with Gasteiger partial charge >= 0.3 is 12.1 Å². The van der Waals surface area contributed by atoms with E-state index in [1.807, 2.05) is 20.8 Å². The normalized spacial score (nSPS) is 15.1. The Morgan fingerprint density at radius 3 is 2.40 bits per heavy atom. The van der Waals surface area contributed by atoms with Gasteiger partial charge in [-0.1, -0.05) is 30.1 Å². The van der Waals surface area contributed by atoms with Gasteiger partial charge in [0.1, 0.15) is 6.54 Å². The van der Waals surface area contributed by atoms with E-state index in [2.05, 4.69) is 5.32 Å². The summed E-state index contributed by atoms with van der Waals surface area (Å²) in [4.78, 5) is 38.5. The van der Waals surface area contributed by atoms with Crippen LogP contribution < -0.4 is 10.2 Å². The molecule has 9 heteroatoms. The number of carbonyl (C=O) groups excluding carboxylic acids is 3. The van der Waals surface area contributed by atoms with Gasteiger partial charge in [-0.25, -0.2) is 19.4 Å². The number of anilines is 1. The van der Waals surface area contributed by atoms with E-state index in [-0.39, 0.29) is 12.2 Å². The fourth-order valence-electron chi connectivity index (χ4n) is 2.30. The first-order valence-corrected chi connectivity index (χ1v) is 9.45. The van der Waals surface area contributed by atoms with Crippen LogP contribution in [0.5, 0.6) is 0 Å². The van der Waals surface area contributed by atoms with Crippen LogP contribution in [-0.4, -0.2) is 40.0 Å². The van der Waals surface area contributed by atoms with E-state index in [0.29, 0.717) is 10.0 Å². The Bertz CT molecular complexity index is 692. The monoisotopic (exact) mass is 403 g/mol. The van der Waals surface area contributed by atoms with Crippen LogP contribution >= 0.6 is 35.0 Å². The molecular weight excluding hydrogens is 385 g/mol. The summed E-state index contributed by atoms with van der Waals surface area (Å²) in [6.45, 7) is 5.41. The minimum Gasteiger partial charge on any atom is -0.324 e. The number of rotatable bonds is 5. The van der Waals surface area contributed by atoms with Crippen LogP contribution in [0.15, 0.2) is 18.2 Å². The number of nitrogens with one attached hydrogen (secondary N) is 1. The number of urea groups is 2. The zero-order chi connectivity index (χ0) is 18.8. The second kappa shape index (κ2) is 7.85. The molecule has 6 nitrogen and oxygen atoms in total. The van der Waals surface area contributed by atoms with E-state index in [0.717, 1.165) is 22.0 Å². The molecule has 1 fully saturated rings. The predicted octanol–water partition coefficient (Wildman–Crippen LogP) is 4.35. The molecule has 1 aromatic rings. The fourth-order valence-corrected chi connectivity index (χ4v) is 3.69. The summed E-state index contributed by atoms with van der Waals surface area (Å²) in [6.07, 6.45) is 0.967. The van der Waals surface area contributed by atoms with Crippen molar-refractivity contribution in [2.75, 3.05) is 17.2 Å². The third-order valence-electron chi connectivity index (χ3n) is 3.39. The lowest BCUT2D eigenvalue weighted by Gasteiger charge is -2.27. The number of halogens is 2. The Labute approximate surface area is 160 Å². The van der Waals surface area contributed by atoms with Crippen molar-refractivity contribution in [3.05, 3.63) is 28.2 Å². The molecule has 0 unspecified atom stereocenters. The van der Waals surface area contributed by atoms with Crippen LogP contribution in [0.1, 0.15) is 27.2 Å². The third-order valence-corrected chi connectivity index (χ3v) is 5.26. The van der Waals surface area contributed by atoms with Gasteiger partial charge in [0.25, 0.3) is 5.91 Å². The highest BCUT2D eigenvalue weighted by Gasteiger charge is 2.42. The predicted molar refractivity (Wildman–Crippen MR) is 101 cm³/mol. The highest BCUT2D eigenvalue weighted by Crippen LogP contribution is 2.29. The Hall–Kier alpha value is -1.44. The average molecular weight is 404 g/mol. The van der Waals surface area contributed by atoms with Crippen LogP contribution in [0.4, 0.5) is 15.3 Å². The number of hydrogen-bond donors (Lipinski definition) is 1. The maximum atomic E-state index is 12.6. The molecule has 5 amide bonds. The highest BCUT2D eigenvalue weighted by atomic mass is 35.5. The van der Waals surface area contributed by atoms with Gasteiger partial charge in [0, 0.05) is 10.0 Å². The van der Waals surface area contributed by atoms with Crippen LogP contribution in [-0.2, 0) is 4.79 Å². The minimum absolute atomic E-state index is 0.238. The highest BCUT2D eigenvalue weighted by molar-refractivity contribution is 8.00. The second-order valence-corrected chi connectivity index (χ2v) is 8.60. The van der Waals surface area contributed by atoms with Gasteiger partial charge in [0.2, 0.25) is 0 Å². The topological polar surface area (TPSA) is 69.7 Å². The molecule has 0 spiro atoms. The number of amides is 5. The third kappa shape index (κ3) is 4.80. The average Bonchev–Trinajstić information content (AvgIpc) is 2.79. The Morgan fingerprint density at radius 1 is 1.24 bits per heavy atom. The van der Waals surface area contributed by atoms with Crippen molar-refractivity contribution in [2.45, 2.75) is 32.1 Å². The summed E-state index contributed by atoms with van der Waals surface area (Å²) in [5.41, 5.74) is 0.238. The molecule has 1 N–H and O–H groups in total. The zero-order valence-corrected chi connectivity index (χ0v) is 16.5. The standard InChI is InChI=1S/C16H19Cl2N3O3S/c1-4-5-25-16(2,3)19-14(23)20-9-13(22)21(15(20)24)12-7-10(17)6-11(18)8-12/h6-8H,4-5,9H2,1-3H3,(H,19,23). The van der Waals surface area contributed by atoms with Crippen molar-refractivity contribution in [3.63, 3.8) is 0 Å². The zero-order valence-electron chi connectivity index (χ0n) is 14.1. The van der Waals surface area contributed by atoms with E-state index < -0.39 is 22.8 Å². The quantitative estimate of drug-likeness (QED) is 0.585. The minimum atomic E-state index is -0.725. The van der Waals surface area contributed by atoms with Gasteiger partial charge in [0.15, 0.2) is 0 Å². The van der Waals surface area contributed by atoms with Crippen molar-refractivity contribution in [1.82, 2.24) is 10.2 Å². The number of imide groups is 2. The molecule has 1 heterocycles. The molecule has 1 aliphatic rings. The molecular formula is C16H19Cl2N3O3S. The van der Waals surface area contributed by atoms with E-state index in [4.69, 9.17) is 23.2 Å². The number of benzene rings is 1. The fraction of sp³-hybridized carbons (Fsp3) is 0.438. The van der Waals surface area contributed by atoms with Crippen LogP contribution in [0, 0.1) is 0 Å². The molecule has 1 aliphatic heterocycles. The van der Waals surface area contributed by atoms with E-state index in [1.165, 1.54) is 18.2 Å². The molecule has 0 bridgehead atoms. The van der Waals surface area contributed by atoms with Crippen molar-refractivity contribution in [2.24, 2.45) is 0 Å². The van der Waals surface area contributed by atoms with Crippen molar-refractivity contribution in [3.8, 4) is 0 Å². The molecule has 2 rings (SSSR count). The molecule has 136 valence electrons. The molecule has 1 saturated heterocycles. The maximum Gasteiger partial charge on any atom is 0.340 e. The van der Waals surface area contributed by atoms with Gasteiger partial charge in [-0.3, -0.25) is 4.79 Å². The van der Waals surface area contributed by atoms with Crippen LogP contribution in [0.2, 0.25) is 10.0 Å². The van der Waals surface area contributed by atoms with Crippen LogP contribution in [0.25, 0.3) is 0 Å². The first kappa shape index (κ1) is 19.9. The van der Waals surface area contributed by atoms with E-state index >= 15 is 0 Å². The first-order valence-electron chi connectivity index (χ1n) is 7.71. The molecule has 25 heavy (non-hydrogen) atoms. The van der Waals surface area contributed by atoms with Gasteiger partial charge in [-0.2, -0.15) is 0 Å². The summed E-state index contributed by atoms with van der Waals surface area (Å²) < 4.78 is 0. The SMILES string of the molecule is CCCSC(C)(C)NC(=O)N1CC(=O)N(c2cc(Cl)cc(Cl)c2)C1=O. The largest absolute Gasteiger partial charge is 0.340 e. The lowest BCUT2D eigenvalue weighted by atomic mass is 10.3. The van der Waals surface area contributed by atoms with Crippen molar-refractivity contribution in [1.29, 1.82) is 0 Å².